The van der Waals surface area contributed by atoms with E-state index >= 15 is 0 Å². The van der Waals surface area contributed by atoms with Crippen molar-refractivity contribution in [3.63, 3.8) is 0 Å². The normalized spacial score (nSPS) is 17.3. The van der Waals surface area contributed by atoms with E-state index < -0.39 is 22.9 Å². The molecule has 0 spiro atoms. The number of aryl methyl sites for hydroxylation is 2. The predicted octanol–water partition coefficient (Wildman–Crippen LogP) is 9.37. The van der Waals surface area contributed by atoms with Gasteiger partial charge in [-0.3, -0.25) is 0 Å². The average molecular weight is 691 g/mol. The van der Waals surface area contributed by atoms with Crippen LogP contribution in [0.4, 0.5) is 0 Å². The fourth-order valence-electron chi connectivity index (χ4n) is 6.51. The van der Waals surface area contributed by atoms with Crippen LogP contribution in [0.3, 0.4) is 0 Å². The molecule has 2 atom stereocenters. The number of allylic oxidation sites excluding steroid dienone is 2. The molecule has 2 aromatic heterocycles. The van der Waals surface area contributed by atoms with Gasteiger partial charge in [-0.2, -0.15) is 0 Å². The van der Waals surface area contributed by atoms with Crippen LogP contribution in [0.5, 0.6) is 0 Å². The molecule has 0 amide bonds. The van der Waals surface area contributed by atoms with Gasteiger partial charge in [-0.25, -0.2) is 0 Å². The number of rotatable bonds is 4. The Hall–Kier alpha value is -3.95. The molecule has 2 unspecified atom stereocenters. The number of nitrogens with zero attached hydrogens (tertiary/aromatic N) is 2. The monoisotopic (exact) mass is 692 g/mol. The van der Waals surface area contributed by atoms with Crippen molar-refractivity contribution in [2.75, 3.05) is 0 Å². The number of hydrogen-bond acceptors (Lipinski definition) is 2. The van der Waals surface area contributed by atoms with E-state index in [9.17, 15) is 0 Å². The van der Waals surface area contributed by atoms with Crippen molar-refractivity contribution >= 4 is 44.8 Å². The molecule has 0 saturated carbocycles. The van der Waals surface area contributed by atoms with Crippen molar-refractivity contribution in [1.82, 2.24) is 9.97 Å². The molecule has 0 radical (unpaired) electrons. The first-order valence-corrected chi connectivity index (χ1v) is 18.4. The maximum absolute atomic E-state index is 4.96. The fourth-order valence-corrected chi connectivity index (χ4v) is 13.8. The molecule has 8 rings (SSSR count). The van der Waals surface area contributed by atoms with E-state index in [1.54, 1.807) is 0 Å². The molecular weight excluding hydrogens is 663 g/mol. The van der Waals surface area contributed by atoms with Crippen LogP contribution < -0.4 is 0 Å². The molecule has 0 N–H and O–H groups in total. The van der Waals surface area contributed by atoms with Gasteiger partial charge in [0, 0.05) is 0 Å². The van der Waals surface area contributed by atoms with E-state index in [-0.39, 0.29) is 0 Å². The average Bonchev–Trinajstić information content (AvgIpc) is 3.57. The summed E-state index contributed by atoms with van der Waals surface area (Å²) in [6.07, 6.45) is 8.94. The van der Waals surface area contributed by atoms with Crippen LogP contribution in [0, 0.1) is 13.8 Å². The van der Waals surface area contributed by atoms with Crippen LogP contribution in [0.2, 0.25) is 0 Å². The first kappa shape index (κ1) is 24.8. The van der Waals surface area contributed by atoms with Crippen LogP contribution in [0.1, 0.15) is 52.1 Å². The third-order valence-corrected chi connectivity index (χ3v) is 15.5. The maximum atomic E-state index is 4.96. The van der Waals surface area contributed by atoms with Crippen LogP contribution in [-0.2, 0) is 22.9 Å². The van der Waals surface area contributed by atoms with Gasteiger partial charge in [0.25, 0.3) is 0 Å². The summed E-state index contributed by atoms with van der Waals surface area (Å²) in [4.78, 5) is 9.91. The van der Waals surface area contributed by atoms with E-state index in [0.717, 1.165) is 11.4 Å². The van der Waals surface area contributed by atoms with Crippen molar-refractivity contribution in [3.8, 4) is 0 Å². The molecule has 0 bridgehead atoms. The van der Waals surface area contributed by atoms with Crippen molar-refractivity contribution < 1.29 is 22.9 Å². The fraction of sp³-hybridized carbons (Fsp3) is 0.105. The van der Waals surface area contributed by atoms with Gasteiger partial charge in [0.2, 0.25) is 0 Å². The Morgan fingerprint density at radius 1 is 0.512 bits per heavy atom. The van der Waals surface area contributed by atoms with E-state index in [4.69, 9.17) is 9.97 Å². The van der Waals surface area contributed by atoms with E-state index in [1.807, 2.05) is 12.4 Å². The quantitative estimate of drug-likeness (QED) is 0.172. The van der Waals surface area contributed by atoms with Gasteiger partial charge in [0.1, 0.15) is 0 Å². The van der Waals surface area contributed by atoms with Gasteiger partial charge in [-0.15, -0.1) is 0 Å². The summed E-state index contributed by atoms with van der Waals surface area (Å²) in [6, 6.07) is 35.9. The first-order chi connectivity index (χ1) is 20.1. The zero-order chi connectivity index (χ0) is 27.5. The summed E-state index contributed by atoms with van der Waals surface area (Å²) in [5.41, 5.74) is 13.1. The molecule has 3 heteroatoms. The van der Waals surface area contributed by atoms with Gasteiger partial charge in [-0.1, -0.05) is 0 Å². The second kappa shape index (κ2) is 9.85. The molecule has 6 aromatic rings. The SMILES string of the molecule is Cc1ccc(C2=Cc3c(ccc4ccccc34)[CH]2[Hf][CH]2C(c3ccc(C)cn3)=Cc3c2ccc2ccccc32)nc1. The zero-order valence-corrected chi connectivity index (χ0v) is 26.7. The Balaban J connectivity index is 1.31. The summed E-state index contributed by atoms with van der Waals surface area (Å²) < 4.78 is 0.835. The molecule has 0 fully saturated rings. The molecule has 2 nitrogen and oxygen atoms in total. The molecule has 2 heterocycles. The zero-order valence-electron chi connectivity index (χ0n) is 23.1. The molecule has 0 aliphatic heterocycles. The van der Waals surface area contributed by atoms with Crippen molar-refractivity contribution in [2.45, 2.75) is 21.2 Å². The van der Waals surface area contributed by atoms with Crippen molar-refractivity contribution in [3.05, 3.63) is 154 Å². The van der Waals surface area contributed by atoms with Crippen molar-refractivity contribution in [1.29, 1.82) is 0 Å². The summed E-state index contributed by atoms with van der Waals surface area (Å²) in [6.45, 7) is 4.23. The van der Waals surface area contributed by atoms with E-state index in [1.165, 1.54) is 66.1 Å². The van der Waals surface area contributed by atoms with Gasteiger partial charge < -0.3 is 0 Å². The standard InChI is InChI=1S/2C19H14N.Hf/c2*1-13-6-9-19(20-12-13)16-10-15-8-7-14-4-2-3-5-17(14)18(15)11-16;/h2*2-12H,1H3;. The Bertz CT molecular complexity index is 1890. The second-order valence-electron chi connectivity index (χ2n) is 11.3. The Morgan fingerprint density at radius 3 is 1.41 bits per heavy atom. The summed E-state index contributed by atoms with van der Waals surface area (Å²) in [7, 11) is 0. The summed E-state index contributed by atoms with van der Waals surface area (Å²) in [5.74, 6) is 0. The molecule has 2 aliphatic rings. The van der Waals surface area contributed by atoms with Crippen molar-refractivity contribution in [2.24, 2.45) is 0 Å². The van der Waals surface area contributed by atoms with Gasteiger partial charge in [0.05, 0.1) is 0 Å². The minimum atomic E-state index is -1.51. The number of aromatic nitrogens is 2. The topological polar surface area (TPSA) is 25.8 Å². The number of benzene rings is 4. The summed E-state index contributed by atoms with van der Waals surface area (Å²) >= 11 is -1.51. The van der Waals surface area contributed by atoms with Crippen LogP contribution in [0.25, 0.3) is 44.8 Å². The molecule has 2 aliphatic carbocycles. The second-order valence-corrected chi connectivity index (χ2v) is 16.6. The third kappa shape index (κ3) is 4.18. The van der Waals surface area contributed by atoms with Gasteiger partial charge in [0.15, 0.2) is 0 Å². The Morgan fingerprint density at radius 2 is 0.976 bits per heavy atom. The molecule has 194 valence electrons. The van der Waals surface area contributed by atoms with Crippen LogP contribution in [0.15, 0.2) is 109 Å². The predicted molar refractivity (Wildman–Crippen MR) is 167 cm³/mol. The number of fused-ring (bicyclic) bond motifs is 6. The Labute approximate surface area is 251 Å². The minimum absolute atomic E-state index is 0.418. The summed E-state index contributed by atoms with van der Waals surface area (Å²) in [5, 5.41) is 5.29. The molecular formula is C38H28HfN2. The van der Waals surface area contributed by atoms with Crippen LogP contribution in [-0.4, -0.2) is 9.97 Å². The van der Waals surface area contributed by atoms with Gasteiger partial charge in [-0.05, 0) is 0 Å². The van der Waals surface area contributed by atoms with E-state index in [2.05, 4.69) is 123 Å². The molecule has 4 aromatic carbocycles. The third-order valence-electron chi connectivity index (χ3n) is 8.60. The Kier molecular flexibility index (Phi) is 5.96. The van der Waals surface area contributed by atoms with Gasteiger partial charge >= 0.3 is 253 Å². The van der Waals surface area contributed by atoms with Crippen LogP contribution >= 0.6 is 0 Å². The molecule has 0 saturated heterocycles. The molecule has 41 heavy (non-hydrogen) atoms. The number of pyridine rings is 2. The first-order valence-electron chi connectivity index (χ1n) is 14.2. The van der Waals surface area contributed by atoms with E-state index in [0.29, 0.717) is 7.35 Å². The number of hydrogen-bond donors (Lipinski definition) is 0.